The number of aromatic nitrogens is 1. The molecule has 1 atom stereocenters. The first-order valence-corrected chi connectivity index (χ1v) is 8.57. The molecule has 1 N–H and O–H groups in total. The van der Waals surface area contributed by atoms with E-state index < -0.39 is 6.04 Å². The Balaban J connectivity index is 2.18. The van der Waals surface area contributed by atoms with Crippen molar-refractivity contribution in [1.29, 1.82) is 0 Å². The molecule has 1 aromatic heterocycles. The summed E-state index contributed by atoms with van der Waals surface area (Å²) >= 11 is 0. The van der Waals surface area contributed by atoms with Crippen LogP contribution in [0.1, 0.15) is 42.2 Å². The summed E-state index contributed by atoms with van der Waals surface area (Å²) in [6.45, 7) is 3.56. The van der Waals surface area contributed by atoms with E-state index >= 15 is 0 Å². The molecule has 1 amide bonds. The van der Waals surface area contributed by atoms with Crippen molar-refractivity contribution in [3.63, 3.8) is 0 Å². The standard InChI is InChI=1S/C20H24N2O5/c1-13(2)27-19(23)11-17(14-5-8-16(25-3)9-6-14)22-20(24)15-7-10-18(26-4)21-12-15/h5-10,12-13,17H,11H2,1-4H3,(H,22,24). The van der Waals surface area contributed by atoms with Gasteiger partial charge >= 0.3 is 5.97 Å². The number of carbonyl (C=O) groups excluding carboxylic acids is 2. The lowest BCUT2D eigenvalue weighted by Crippen LogP contribution is -2.31. The highest BCUT2D eigenvalue weighted by Crippen LogP contribution is 2.22. The van der Waals surface area contributed by atoms with Gasteiger partial charge in [-0.25, -0.2) is 4.98 Å². The van der Waals surface area contributed by atoms with Gasteiger partial charge in [0.2, 0.25) is 5.88 Å². The number of amides is 1. The SMILES string of the molecule is COc1ccc(C(CC(=O)OC(C)C)NC(=O)c2ccc(OC)nc2)cc1. The van der Waals surface area contributed by atoms with E-state index in [0.29, 0.717) is 17.2 Å². The third-order valence-corrected chi connectivity index (χ3v) is 3.77. The van der Waals surface area contributed by atoms with Crippen LogP contribution in [-0.2, 0) is 9.53 Å². The summed E-state index contributed by atoms with van der Waals surface area (Å²) < 4.78 is 15.4. The minimum absolute atomic E-state index is 0.0137. The summed E-state index contributed by atoms with van der Waals surface area (Å²) in [5, 5.41) is 2.87. The van der Waals surface area contributed by atoms with Gasteiger partial charge < -0.3 is 19.5 Å². The number of nitrogens with one attached hydrogen (secondary N) is 1. The monoisotopic (exact) mass is 372 g/mol. The average molecular weight is 372 g/mol. The van der Waals surface area contributed by atoms with Crippen LogP contribution in [0.25, 0.3) is 0 Å². The van der Waals surface area contributed by atoms with Gasteiger partial charge in [0.25, 0.3) is 5.91 Å². The predicted molar refractivity (Wildman–Crippen MR) is 99.8 cm³/mol. The number of carbonyl (C=O) groups is 2. The number of esters is 1. The third kappa shape index (κ3) is 5.99. The number of nitrogens with zero attached hydrogens (tertiary/aromatic N) is 1. The molecule has 27 heavy (non-hydrogen) atoms. The van der Waals surface area contributed by atoms with Crippen LogP contribution < -0.4 is 14.8 Å². The lowest BCUT2D eigenvalue weighted by molar-refractivity contribution is -0.147. The highest BCUT2D eigenvalue weighted by molar-refractivity contribution is 5.94. The van der Waals surface area contributed by atoms with Crippen LogP contribution in [0, 0.1) is 0 Å². The van der Waals surface area contributed by atoms with Crippen LogP contribution in [0.2, 0.25) is 0 Å². The molecule has 1 heterocycles. The second-order valence-corrected chi connectivity index (χ2v) is 6.13. The van der Waals surface area contributed by atoms with Crippen LogP contribution in [0.3, 0.4) is 0 Å². The molecule has 1 aromatic carbocycles. The minimum atomic E-state index is -0.545. The zero-order valence-electron chi connectivity index (χ0n) is 15.9. The lowest BCUT2D eigenvalue weighted by Gasteiger charge is -2.20. The molecule has 0 saturated carbocycles. The van der Waals surface area contributed by atoms with Gasteiger partial charge in [0.15, 0.2) is 0 Å². The smallest absolute Gasteiger partial charge is 0.308 e. The molecule has 2 rings (SSSR count). The van der Waals surface area contributed by atoms with Crippen molar-refractivity contribution < 1.29 is 23.8 Å². The van der Waals surface area contributed by atoms with E-state index in [1.54, 1.807) is 57.4 Å². The van der Waals surface area contributed by atoms with Crippen molar-refractivity contribution in [2.24, 2.45) is 0 Å². The molecular formula is C20H24N2O5. The lowest BCUT2D eigenvalue weighted by atomic mass is 10.0. The first-order valence-electron chi connectivity index (χ1n) is 8.57. The minimum Gasteiger partial charge on any atom is -0.497 e. The Labute approximate surface area is 158 Å². The van der Waals surface area contributed by atoms with Crippen molar-refractivity contribution in [3.8, 4) is 11.6 Å². The number of rotatable bonds is 8. The van der Waals surface area contributed by atoms with Crippen molar-refractivity contribution in [1.82, 2.24) is 10.3 Å². The van der Waals surface area contributed by atoms with E-state index in [0.717, 1.165) is 5.56 Å². The molecule has 0 aliphatic heterocycles. The maximum atomic E-state index is 12.6. The zero-order chi connectivity index (χ0) is 19.8. The summed E-state index contributed by atoms with van der Waals surface area (Å²) in [7, 11) is 3.08. The molecule has 2 aromatic rings. The van der Waals surface area contributed by atoms with Crippen LogP contribution in [0.15, 0.2) is 42.6 Å². The second-order valence-electron chi connectivity index (χ2n) is 6.13. The first kappa shape index (κ1) is 20.2. The zero-order valence-corrected chi connectivity index (χ0v) is 15.9. The molecule has 1 unspecified atom stereocenters. The number of hydrogen-bond donors (Lipinski definition) is 1. The second kappa shape index (κ2) is 9.56. The number of hydrogen-bond acceptors (Lipinski definition) is 6. The summed E-state index contributed by atoms with van der Waals surface area (Å²) in [5.74, 6) is 0.369. The van der Waals surface area contributed by atoms with Crippen LogP contribution >= 0.6 is 0 Å². The molecule has 7 heteroatoms. The summed E-state index contributed by atoms with van der Waals surface area (Å²) in [4.78, 5) is 28.8. The highest BCUT2D eigenvalue weighted by atomic mass is 16.5. The largest absolute Gasteiger partial charge is 0.497 e. The van der Waals surface area contributed by atoms with Crippen molar-refractivity contribution >= 4 is 11.9 Å². The topological polar surface area (TPSA) is 86.8 Å². The molecule has 0 aliphatic carbocycles. The van der Waals surface area contributed by atoms with Gasteiger partial charge in [0.05, 0.1) is 38.3 Å². The maximum Gasteiger partial charge on any atom is 0.308 e. The number of pyridine rings is 1. The van der Waals surface area contributed by atoms with Gasteiger partial charge in [0, 0.05) is 12.3 Å². The predicted octanol–water partition coefficient (Wildman–Crippen LogP) is 2.91. The molecular weight excluding hydrogens is 348 g/mol. The average Bonchev–Trinajstić information content (AvgIpc) is 2.67. The Morgan fingerprint density at radius 3 is 2.26 bits per heavy atom. The van der Waals surface area contributed by atoms with Gasteiger partial charge in [-0.05, 0) is 37.6 Å². The maximum absolute atomic E-state index is 12.6. The van der Waals surface area contributed by atoms with E-state index in [4.69, 9.17) is 14.2 Å². The van der Waals surface area contributed by atoms with Gasteiger partial charge in [-0.15, -0.1) is 0 Å². The normalized spacial score (nSPS) is 11.6. The molecule has 0 radical (unpaired) electrons. The fourth-order valence-corrected chi connectivity index (χ4v) is 2.44. The van der Waals surface area contributed by atoms with E-state index in [1.807, 2.05) is 0 Å². The molecule has 7 nitrogen and oxygen atoms in total. The van der Waals surface area contributed by atoms with Crippen molar-refractivity contribution in [2.75, 3.05) is 14.2 Å². The van der Waals surface area contributed by atoms with Crippen LogP contribution in [0.5, 0.6) is 11.6 Å². The highest BCUT2D eigenvalue weighted by Gasteiger charge is 2.21. The van der Waals surface area contributed by atoms with E-state index in [-0.39, 0.29) is 24.4 Å². The summed E-state index contributed by atoms with van der Waals surface area (Å²) in [6, 6.07) is 9.83. The van der Waals surface area contributed by atoms with Gasteiger partial charge in [-0.3, -0.25) is 9.59 Å². The molecule has 0 spiro atoms. The first-order chi connectivity index (χ1) is 12.9. The fraction of sp³-hybridized carbons (Fsp3) is 0.350. The van der Waals surface area contributed by atoms with Gasteiger partial charge in [-0.2, -0.15) is 0 Å². The van der Waals surface area contributed by atoms with Gasteiger partial charge in [0.1, 0.15) is 5.75 Å². The number of ether oxygens (including phenoxy) is 3. The van der Waals surface area contributed by atoms with Crippen molar-refractivity contribution in [2.45, 2.75) is 32.4 Å². The van der Waals surface area contributed by atoms with E-state index in [9.17, 15) is 9.59 Å². The third-order valence-electron chi connectivity index (χ3n) is 3.77. The van der Waals surface area contributed by atoms with E-state index in [2.05, 4.69) is 10.3 Å². The fourth-order valence-electron chi connectivity index (χ4n) is 2.44. The Bertz CT molecular complexity index is 757. The van der Waals surface area contributed by atoms with E-state index in [1.165, 1.54) is 13.3 Å². The molecule has 0 fully saturated rings. The summed E-state index contributed by atoms with van der Waals surface area (Å²) in [6.07, 6.45) is 1.21. The van der Waals surface area contributed by atoms with Crippen LogP contribution in [0.4, 0.5) is 0 Å². The molecule has 0 bridgehead atoms. The molecule has 144 valence electrons. The number of methoxy groups -OCH3 is 2. The quantitative estimate of drug-likeness (QED) is 0.717. The van der Waals surface area contributed by atoms with Gasteiger partial charge in [-0.1, -0.05) is 12.1 Å². The Morgan fingerprint density at radius 2 is 1.74 bits per heavy atom. The number of benzene rings is 1. The molecule has 0 saturated heterocycles. The van der Waals surface area contributed by atoms with Crippen molar-refractivity contribution in [3.05, 3.63) is 53.7 Å². The molecule has 0 aliphatic rings. The van der Waals surface area contributed by atoms with Crippen LogP contribution in [-0.4, -0.2) is 37.2 Å². The Hall–Kier alpha value is -3.09. The Kier molecular flexibility index (Phi) is 7.16. The summed E-state index contributed by atoms with van der Waals surface area (Å²) in [5.41, 5.74) is 1.14. The Morgan fingerprint density at radius 1 is 1.04 bits per heavy atom.